The summed E-state index contributed by atoms with van der Waals surface area (Å²) in [5, 5.41) is 15.0. The lowest BCUT2D eigenvalue weighted by Crippen LogP contribution is -2.53. The molecule has 0 bridgehead atoms. The van der Waals surface area contributed by atoms with Gasteiger partial charge in [-0.15, -0.1) is 0 Å². The lowest BCUT2D eigenvalue weighted by atomic mass is 9.98. The number of likely N-dealkylation sites (N-methyl/N-ethyl adjacent to an activating group) is 1. The number of amides is 3. The molecule has 33 heavy (non-hydrogen) atoms. The fraction of sp³-hybridized carbons (Fsp3) is 0.400. The quantitative estimate of drug-likeness (QED) is 0.567. The second-order valence-corrected chi connectivity index (χ2v) is 8.79. The minimum atomic E-state index is -1.27. The van der Waals surface area contributed by atoms with E-state index in [2.05, 4.69) is 10.6 Å². The van der Waals surface area contributed by atoms with Crippen molar-refractivity contribution in [3.63, 3.8) is 0 Å². The molecule has 2 aromatic rings. The molecule has 2 unspecified atom stereocenters. The lowest BCUT2D eigenvalue weighted by Gasteiger charge is -2.31. The topological polar surface area (TPSA) is 108 Å². The molecule has 0 spiro atoms. The number of carbonyl (C=O) groups excluding carboxylic acids is 3. The summed E-state index contributed by atoms with van der Waals surface area (Å²) in [4.78, 5) is 39.8. The molecule has 2 atom stereocenters. The predicted octanol–water partition coefficient (Wildman–Crippen LogP) is 2.70. The third kappa shape index (κ3) is 7.61. The number of ether oxygens (including phenoxy) is 1. The number of nitrogens with zero attached hydrogens (tertiary/aromatic N) is 1. The van der Waals surface area contributed by atoms with Crippen LogP contribution in [0, 0.1) is 6.92 Å². The fourth-order valence-corrected chi connectivity index (χ4v) is 3.31. The lowest BCUT2D eigenvalue weighted by molar-refractivity contribution is -0.141. The van der Waals surface area contributed by atoms with E-state index in [0.29, 0.717) is 12.1 Å². The highest BCUT2D eigenvalue weighted by atomic mass is 16.6. The number of aliphatic hydroxyl groups is 1. The van der Waals surface area contributed by atoms with Crippen molar-refractivity contribution in [1.29, 1.82) is 0 Å². The highest BCUT2D eigenvalue weighted by Gasteiger charge is 2.34. The number of hydrogen-bond donors (Lipinski definition) is 3. The number of carbonyl (C=O) groups is 3. The van der Waals surface area contributed by atoms with E-state index in [1.165, 1.54) is 11.9 Å². The van der Waals surface area contributed by atoms with Gasteiger partial charge >= 0.3 is 6.09 Å². The number of aliphatic hydroxyl groups excluding tert-OH is 1. The van der Waals surface area contributed by atoms with Gasteiger partial charge in [0.1, 0.15) is 17.7 Å². The smallest absolute Gasteiger partial charge is 0.408 e. The van der Waals surface area contributed by atoms with Crippen LogP contribution in [0.5, 0.6) is 0 Å². The van der Waals surface area contributed by atoms with Crippen molar-refractivity contribution in [1.82, 2.24) is 15.5 Å². The van der Waals surface area contributed by atoms with Gasteiger partial charge in [0.2, 0.25) is 11.8 Å². The first-order valence-corrected chi connectivity index (χ1v) is 10.8. The van der Waals surface area contributed by atoms with Gasteiger partial charge in [0.05, 0.1) is 6.61 Å². The van der Waals surface area contributed by atoms with E-state index in [4.69, 9.17) is 4.74 Å². The van der Waals surface area contributed by atoms with E-state index in [-0.39, 0.29) is 5.91 Å². The van der Waals surface area contributed by atoms with Crippen molar-refractivity contribution < 1.29 is 24.2 Å². The van der Waals surface area contributed by atoms with E-state index >= 15 is 0 Å². The van der Waals surface area contributed by atoms with Crippen LogP contribution in [0.2, 0.25) is 0 Å². The van der Waals surface area contributed by atoms with Gasteiger partial charge in [-0.2, -0.15) is 0 Å². The molecule has 0 heterocycles. The van der Waals surface area contributed by atoms with Crippen molar-refractivity contribution in [2.75, 3.05) is 13.7 Å². The zero-order valence-corrected chi connectivity index (χ0v) is 19.8. The maximum atomic E-state index is 13.3. The van der Waals surface area contributed by atoms with Crippen LogP contribution in [-0.4, -0.2) is 53.2 Å². The molecule has 0 aliphatic heterocycles. The van der Waals surface area contributed by atoms with Crippen molar-refractivity contribution in [2.45, 2.75) is 51.9 Å². The van der Waals surface area contributed by atoms with Gasteiger partial charge in [0.25, 0.3) is 0 Å². The van der Waals surface area contributed by atoms with E-state index in [1.807, 2.05) is 49.4 Å². The Kier molecular flexibility index (Phi) is 8.99. The zero-order chi connectivity index (χ0) is 24.6. The zero-order valence-electron chi connectivity index (χ0n) is 19.8. The van der Waals surface area contributed by atoms with Crippen LogP contribution >= 0.6 is 0 Å². The van der Waals surface area contributed by atoms with E-state index in [0.717, 1.165) is 11.1 Å². The number of rotatable bonds is 8. The number of nitrogens with one attached hydrogen (secondary N) is 2. The highest BCUT2D eigenvalue weighted by Crippen LogP contribution is 2.24. The van der Waals surface area contributed by atoms with Gasteiger partial charge in [0, 0.05) is 13.6 Å². The van der Waals surface area contributed by atoms with Crippen molar-refractivity contribution in [3.05, 3.63) is 71.3 Å². The molecule has 8 heteroatoms. The van der Waals surface area contributed by atoms with Crippen LogP contribution in [0.15, 0.2) is 54.6 Å². The summed E-state index contributed by atoms with van der Waals surface area (Å²) in [6.45, 7) is 6.59. The number of benzene rings is 2. The standard InChI is InChI=1S/C25H33N3O5/c1-17-11-9-10-14-19(17)21(22(30)26-15-18-12-7-6-8-13-18)28(5)23(31)20(16-29)27-24(32)33-25(2,3)4/h6-14,20-21,29H,15-16H2,1-5H3,(H,26,30)(H,27,32). The normalized spacial score (nSPS) is 12.9. The van der Waals surface area contributed by atoms with Crippen molar-refractivity contribution >= 4 is 17.9 Å². The fourth-order valence-electron chi connectivity index (χ4n) is 3.31. The minimum Gasteiger partial charge on any atom is -0.444 e. The van der Waals surface area contributed by atoms with Crippen LogP contribution in [0.4, 0.5) is 4.79 Å². The number of aryl methyl sites for hydroxylation is 1. The Bertz CT molecular complexity index is 956. The molecule has 0 fully saturated rings. The molecule has 0 radical (unpaired) electrons. The number of alkyl carbamates (subject to hydrolysis) is 1. The predicted molar refractivity (Wildman–Crippen MR) is 125 cm³/mol. The summed E-state index contributed by atoms with van der Waals surface area (Å²) in [5.41, 5.74) is 1.63. The first kappa shape index (κ1) is 25.9. The Morgan fingerprint density at radius 3 is 2.21 bits per heavy atom. The summed E-state index contributed by atoms with van der Waals surface area (Å²) in [6, 6.07) is 14.5. The summed E-state index contributed by atoms with van der Waals surface area (Å²) >= 11 is 0. The largest absolute Gasteiger partial charge is 0.444 e. The van der Waals surface area contributed by atoms with E-state index < -0.39 is 36.3 Å². The monoisotopic (exact) mass is 455 g/mol. The molecule has 0 aliphatic rings. The average molecular weight is 456 g/mol. The summed E-state index contributed by atoms with van der Waals surface area (Å²) in [7, 11) is 1.47. The van der Waals surface area contributed by atoms with Gasteiger partial charge in [-0.25, -0.2) is 4.79 Å². The Balaban J connectivity index is 2.25. The molecule has 2 rings (SSSR count). The molecular formula is C25H33N3O5. The summed E-state index contributed by atoms with van der Waals surface area (Å²) in [5.74, 6) is -0.996. The number of hydrogen-bond acceptors (Lipinski definition) is 5. The Morgan fingerprint density at radius 2 is 1.64 bits per heavy atom. The molecule has 0 saturated carbocycles. The average Bonchev–Trinajstić information content (AvgIpc) is 2.76. The first-order valence-electron chi connectivity index (χ1n) is 10.8. The first-order chi connectivity index (χ1) is 15.5. The van der Waals surface area contributed by atoms with Crippen LogP contribution in [0.25, 0.3) is 0 Å². The van der Waals surface area contributed by atoms with E-state index in [1.54, 1.807) is 32.9 Å². The molecule has 8 nitrogen and oxygen atoms in total. The van der Waals surface area contributed by atoms with Gasteiger partial charge in [-0.05, 0) is 44.4 Å². The van der Waals surface area contributed by atoms with Crippen LogP contribution in [0.3, 0.4) is 0 Å². The third-order valence-corrected chi connectivity index (χ3v) is 4.95. The molecular weight excluding hydrogens is 422 g/mol. The molecule has 0 aromatic heterocycles. The Morgan fingerprint density at radius 1 is 1.03 bits per heavy atom. The summed E-state index contributed by atoms with van der Waals surface area (Å²) in [6.07, 6.45) is -0.829. The van der Waals surface area contributed by atoms with Gasteiger partial charge in [0.15, 0.2) is 0 Å². The van der Waals surface area contributed by atoms with Gasteiger partial charge in [-0.3, -0.25) is 9.59 Å². The summed E-state index contributed by atoms with van der Waals surface area (Å²) < 4.78 is 5.19. The van der Waals surface area contributed by atoms with Crippen LogP contribution in [0.1, 0.15) is 43.5 Å². The molecule has 0 aliphatic carbocycles. The molecule has 3 N–H and O–H groups in total. The third-order valence-electron chi connectivity index (χ3n) is 4.95. The van der Waals surface area contributed by atoms with Crippen LogP contribution in [-0.2, 0) is 20.9 Å². The van der Waals surface area contributed by atoms with Crippen molar-refractivity contribution in [2.24, 2.45) is 0 Å². The van der Waals surface area contributed by atoms with E-state index in [9.17, 15) is 19.5 Å². The second-order valence-electron chi connectivity index (χ2n) is 8.79. The molecule has 178 valence electrons. The van der Waals surface area contributed by atoms with Gasteiger partial charge < -0.3 is 25.4 Å². The van der Waals surface area contributed by atoms with Gasteiger partial charge in [-0.1, -0.05) is 54.6 Å². The maximum absolute atomic E-state index is 13.3. The maximum Gasteiger partial charge on any atom is 0.408 e. The highest BCUT2D eigenvalue weighted by molar-refractivity contribution is 5.92. The second kappa shape index (κ2) is 11.5. The Labute approximate surface area is 194 Å². The molecule has 0 saturated heterocycles. The Hall–Kier alpha value is -3.39. The SMILES string of the molecule is Cc1ccccc1C(C(=O)NCc1ccccc1)N(C)C(=O)C(CO)NC(=O)OC(C)(C)C. The molecule has 3 amide bonds. The minimum absolute atomic E-state index is 0.295. The van der Waals surface area contributed by atoms with Crippen molar-refractivity contribution in [3.8, 4) is 0 Å². The van der Waals surface area contributed by atoms with Crippen LogP contribution < -0.4 is 10.6 Å². The molecule has 2 aromatic carbocycles.